The number of amides is 1. The van der Waals surface area contributed by atoms with Crippen molar-refractivity contribution in [3.05, 3.63) is 119 Å². The molecular weight excluding hydrogens is 769 g/mol. The van der Waals surface area contributed by atoms with E-state index in [0.717, 1.165) is 59.3 Å². The van der Waals surface area contributed by atoms with Gasteiger partial charge in [-0.15, -0.1) is 0 Å². The van der Waals surface area contributed by atoms with Gasteiger partial charge in [-0.05, 0) is 133 Å². The summed E-state index contributed by atoms with van der Waals surface area (Å²) < 4.78 is 28.9. The van der Waals surface area contributed by atoms with E-state index < -0.39 is 11.7 Å². The molecule has 4 aromatic carbocycles. The van der Waals surface area contributed by atoms with Gasteiger partial charge in [-0.1, -0.05) is 36.4 Å². The second kappa shape index (κ2) is 17.8. The minimum Gasteiger partial charge on any atom is -0.490 e. The van der Waals surface area contributed by atoms with E-state index in [0.29, 0.717) is 45.7 Å². The first-order valence-electron chi connectivity index (χ1n) is 20.5. The van der Waals surface area contributed by atoms with Crippen LogP contribution in [0.25, 0.3) is 45.6 Å². The summed E-state index contributed by atoms with van der Waals surface area (Å²) in [5.41, 5.74) is 14.6. The molecule has 0 saturated heterocycles. The second-order valence-corrected chi connectivity index (χ2v) is 16.7. The van der Waals surface area contributed by atoms with Gasteiger partial charge < -0.3 is 34.1 Å². The third-order valence-electron chi connectivity index (χ3n) is 10.2. The molecule has 2 aromatic heterocycles. The zero-order valence-electron chi connectivity index (χ0n) is 35.5. The first-order chi connectivity index (χ1) is 29.2. The molecule has 0 bridgehead atoms. The van der Waals surface area contributed by atoms with Crippen LogP contribution in [0.2, 0.25) is 0 Å². The Morgan fingerprint density at radius 1 is 0.754 bits per heavy atom. The molecule has 0 spiro atoms. The normalized spacial score (nSPS) is 15.3. The lowest BCUT2D eigenvalue weighted by Crippen LogP contribution is -2.34. The number of carbonyl (C=O) groups excluding carboxylic acids is 1. The van der Waals surface area contributed by atoms with Crippen molar-refractivity contribution < 1.29 is 27.8 Å². The Morgan fingerprint density at radius 2 is 1.25 bits per heavy atom. The molecule has 1 amide bonds. The highest BCUT2D eigenvalue weighted by molar-refractivity contribution is 5.72. The molecule has 0 unspecified atom stereocenters. The quantitative estimate of drug-likeness (QED) is 0.142. The van der Waals surface area contributed by atoms with Crippen molar-refractivity contribution in [3.63, 3.8) is 0 Å². The van der Waals surface area contributed by atoms with E-state index in [4.69, 9.17) is 28.8 Å². The molecule has 12 heteroatoms. The van der Waals surface area contributed by atoms with Gasteiger partial charge in [0, 0.05) is 28.3 Å². The van der Waals surface area contributed by atoms with Crippen LogP contribution in [-0.4, -0.2) is 33.9 Å². The van der Waals surface area contributed by atoms with Crippen molar-refractivity contribution in [2.75, 3.05) is 0 Å². The maximum Gasteiger partial charge on any atom is 0.408 e. The zero-order chi connectivity index (χ0) is 43.4. The summed E-state index contributed by atoms with van der Waals surface area (Å²) in [7, 11) is 0. The molecule has 8 rings (SSSR count). The third-order valence-corrected chi connectivity index (χ3v) is 10.2. The predicted molar refractivity (Wildman–Crippen MR) is 231 cm³/mol. The fourth-order valence-corrected chi connectivity index (χ4v) is 7.68. The molecule has 0 fully saturated rings. The first kappa shape index (κ1) is 42.2. The van der Waals surface area contributed by atoms with E-state index >= 15 is 0 Å². The highest BCUT2D eigenvalue weighted by Crippen LogP contribution is 2.40. The van der Waals surface area contributed by atoms with Crippen molar-refractivity contribution in [2.45, 2.75) is 104 Å². The molecule has 3 N–H and O–H groups in total. The predicted octanol–water partition coefficient (Wildman–Crippen LogP) is 10.8. The highest BCUT2D eigenvalue weighted by atomic mass is 16.6. The molecule has 6 aromatic rings. The van der Waals surface area contributed by atoms with E-state index in [2.05, 4.69) is 33.5 Å². The summed E-state index contributed by atoms with van der Waals surface area (Å²) >= 11 is 0. The van der Waals surface area contributed by atoms with E-state index in [-0.39, 0.29) is 24.3 Å². The number of aromatic nitrogens is 2. The number of benzene rings is 4. The largest absolute Gasteiger partial charge is 0.490 e. The maximum atomic E-state index is 12.3. The molecule has 0 aliphatic heterocycles. The van der Waals surface area contributed by atoms with E-state index in [1.165, 1.54) is 11.1 Å². The number of hydrogen-bond acceptors (Lipinski definition) is 11. The number of fused-ring (bicyclic) bond motifs is 2. The minimum absolute atomic E-state index is 0.00263. The molecule has 312 valence electrons. The molecule has 12 nitrogen and oxygen atoms in total. The fourth-order valence-electron chi connectivity index (χ4n) is 7.68. The number of rotatable bonds is 9. The zero-order valence-corrected chi connectivity index (χ0v) is 35.5. The third kappa shape index (κ3) is 9.62. The van der Waals surface area contributed by atoms with Gasteiger partial charge in [0.2, 0.25) is 11.8 Å². The van der Waals surface area contributed by atoms with Gasteiger partial charge in [0.15, 0.2) is 11.5 Å². The van der Waals surface area contributed by atoms with Crippen LogP contribution in [-0.2, 0) is 17.6 Å². The van der Waals surface area contributed by atoms with E-state index in [1.807, 2.05) is 90.9 Å². The van der Waals surface area contributed by atoms with Crippen LogP contribution in [0.3, 0.4) is 0 Å². The van der Waals surface area contributed by atoms with Crippen molar-refractivity contribution in [1.29, 1.82) is 10.5 Å². The Morgan fingerprint density at radius 3 is 1.74 bits per heavy atom. The molecular formula is C49H50N6O6. The van der Waals surface area contributed by atoms with Gasteiger partial charge in [-0.25, -0.2) is 14.8 Å². The summed E-state index contributed by atoms with van der Waals surface area (Å²) in [6.07, 6.45) is 6.48. The fraction of sp³-hybridized carbons (Fsp3) is 0.327. The molecule has 2 heterocycles. The monoisotopic (exact) mass is 818 g/mol. The standard InChI is InChI=1S/C27H29N3O4.C22H21N3O2/c1-16(2)32-23-12-9-17(13-18(23)14-28)25-29-15-24(33-25)21-8-6-7-20-19(21)10-11-22(20)30-26(31)34-27(3,4)5;1-13(2)26-20-9-6-14(10-15(20)11-23)22-25-12-21(27-22)18-5-3-4-17-16(18)7-8-19(17)24/h6-9,12-13,15-16,22H,10-11H2,1-5H3,(H,30,31);3-6,9-10,12-13,19H,7-8,24H2,1-2H3/t22-;19-/m11/s1. The summed E-state index contributed by atoms with van der Waals surface area (Å²) in [5, 5.41) is 21.9. The van der Waals surface area contributed by atoms with Gasteiger partial charge in [0.25, 0.3) is 0 Å². The van der Waals surface area contributed by atoms with Crippen LogP contribution >= 0.6 is 0 Å². The summed E-state index contributed by atoms with van der Waals surface area (Å²) in [5.74, 6) is 3.39. The number of ether oxygens (including phenoxy) is 3. The lowest BCUT2D eigenvalue weighted by molar-refractivity contribution is 0.0503. The highest BCUT2D eigenvalue weighted by Gasteiger charge is 2.29. The van der Waals surface area contributed by atoms with Crippen molar-refractivity contribution in [1.82, 2.24) is 15.3 Å². The topological polar surface area (TPSA) is 182 Å². The molecule has 0 radical (unpaired) electrons. The van der Waals surface area contributed by atoms with Crippen molar-refractivity contribution in [3.8, 4) is 69.2 Å². The SMILES string of the molecule is CC(C)Oc1ccc(-c2ncc(-c3cccc4c3CC[C@H]4N)o2)cc1C#N.CC(C)Oc1ccc(-c2ncc(-c3cccc4c3CC[C@H]4NC(=O)OC(C)(C)C)o2)cc1C#N. The lowest BCUT2D eigenvalue weighted by atomic mass is 10.0. The number of nitriles is 2. The molecule has 2 aliphatic carbocycles. The number of carbonyl (C=O) groups is 1. The summed E-state index contributed by atoms with van der Waals surface area (Å²) in [6, 6.07) is 27.2. The first-order valence-corrected chi connectivity index (χ1v) is 20.5. The number of oxazole rings is 2. The molecule has 2 atom stereocenters. The Labute approximate surface area is 356 Å². The van der Waals surface area contributed by atoms with Crippen LogP contribution < -0.4 is 20.5 Å². The summed E-state index contributed by atoms with van der Waals surface area (Å²) in [4.78, 5) is 21.2. The number of nitrogens with one attached hydrogen (secondary N) is 1. The van der Waals surface area contributed by atoms with Gasteiger partial charge in [0.05, 0.1) is 41.8 Å². The average Bonchev–Trinajstić information content (AvgIpc) is 4.05. The second-order valence-electron chi connectivity index (χ2n) is 16.7. The molecule has 2 aliphatic rings. The van der Waals surface area contributed by atoms with Gasteiger partial charge in [0.1, 0.15) is 29.2 Å². The number of nitrogens with two attached hydrogens (primary N) is 1. The van der Waals surface area contributed by atoms with Crippen LogP contribution in [0.15, 0.2) is 94.0 Å². The molecule has 0 saturated carbocycles. The van der Waals surface area contributed by atoms with E-state index in [1.54, 1.807) is 36.7 Å². The van der Waals surface area contributed by atoms with Crippen LogP contribution in [0.1, 0.15) is 107 Å². The Bertz CT molecular complexity index is 2640. The summed E-state index contributed by atoms with van der Waals surface area (Å²) in [6.45, 7) is 13.2. The van der Waals surface area contributed by atoms with E-state index in [9.17, 15) is 15.3 Å². The van der Waals surface area contributed by atoms with Gasteiger partial charge >= 0.3 is 6.09 Å². The number of nitrogens with zero attached hydrogens (tertiary/aromatic N) is 4. The minimum atomic E-state index is -0.547. The van der Waals surface area contributed by atoms with Crippen LogP contribution in [0.5, 0.6) is 11.5 Å². The Kier molecular flexibility index (Phi) is 12.3. The van der Waals surface area contributed by atoms with Crippen molar-refractivity contribution in [2.24, 2.45) is 5.73 Å². The maximum absolute atomic E-state index is 12.3. The lowest BCUT2D eigenvalue weighted by Gasteiger charge is -2.22. The van der Waals surface area contributed by atoms with Gasteiger partial charge in [-0.3, -0.25) is 0 Å². The van der Waals surface area contributed by atoms with Crippen molar-refractivity contribution >= 4 is 6.09 Å². The van der Waals surface area contributed by atoms with Crippen LogP contribution in [0, 0.1) is 22.7 Å². The van der Waals surface area contributed by atoms with Gasteiger partial charge in [-0.2, -0.15) is 10.5 Å². The molecule has 61 heavy (non-hydrogen) atoms. The smallest absolute Gasteiger partial charge is 0.408 e. The average molecular weight is 819 g/mol. The van der Waals surface area contributed by atoms with Crippen LogP contribution in [0.4, 0.5) is 4.79 Å². The Hall–Kier alpha value is -6.89. The number of hydrogen-bond donors (Lipinski definition) is 2. The Balaban J connectivity index is 0.000000189. The number of alkyl carbamates (subject to hydrolysis) is 1.